The third-order valence-electron chi connectivity index (χ3n) is 3.04. The molecule has 0 amide bonds. The van der Waals surface area contributed by atoms with Crippen molar-refractivity contribution in [1.29, 1.82) is 5.26 Å². The number of rotatable bonds is 7. The Labute approximate surface area is 130 Å². The van der Waals surface area contributed by atoms with Crippen LogP contribution in [-0.2, 0) is 0 Å². The minimum Gasteiger partial charge on any atom is -0.370 e. The number of anilines is 3. The SMILES string of the molecule is CN(C)CCCNc1cc(Nc2ccc(C#N)cc2)ncn1. The minimum absolute atomic E-state index is 0.636. The van der Waals surface area contributed by atoms with Gasteiger partial charge in [-0.3, -0.25) is 0 Å². The lowest BCUT2D eigenvalue weighted by Crippen LogP contribution is -2.16. The third-order valence-corrected chi connectivity index (χ3v) is 3.04. The van der Waals surface area contributed by atoms with Crippen molar-refractivity contribution < 1.29 is 0 Å². The van der Waals surface area contributed by atoms with Gasteiger partial charge in [0.2, 0.25) is 0 Å². The smallest absolute Gasteiger partial charge is 0.135 e. The molecule has 6 heteroatoms. The molecule has 0 saturated heterocycles. The fourth-order valence-electron chi connectivity index (χ4n) is 1.91. The molecule has 0 saturated carbocycles. The number of hydrogen-bond acceptors (Lipinski definition) is 6. The molecule has 2 rings (SSSR count). The topological polar surface area (TPSA) is 76.9 Å². The van der Waals surface area contributed by atoms with Crippen LogP contribution >= 0.6 is 0 Å². The van der Waals surface area contributed by atoms with Crippen molar-refractivity contribution in [2.24, 2.45) is 0 Å². The summed E-state index contributed by atoms with van der Waals surface area (Å²) in [5.74, 6) is 1.51. The van der Waals surface area contributed by atoms with Crippen LogP contribution in [0.15, 0.2) is 36.7 Å². The molecule has 2 aromatic rings. The molecule has 2 N–H and O–H groups in total. The Hall–Kier alpha value is -2.65. The summed E-state index contributed by atoms with van der Waals surface area (Å²) in [5.41, 5.74) is 1.52. The largest absolute Gasteiger partial charge is 0.370 e. The zero-order valence-corrected chi connectivity index (χ0v) is 12.9. The predicted molar refractivity (Wildman–Crippen MR) is 88.1 cm³/mol. The summed E-state index contributed by atoms with van der Waals surface area (Å²) in [6.07, 6.45) is 2.58. The van der Waals surface area contributed by atoms with E-state index in [9.17, 15) is 0 Å². The van der Waals surface area contributed by atoms with Gasteiger partial charge in [-0.1, -0.05) is 0 Å². The summed E-state index contributed by atoms with van der Waals surface area (Å²) in [4.78, 5) is 10.6. The van der Waals surface area contributed by atoms with E-state index in [4.69, 9.17) is 5.26 Å². The molecule has 1 aromatic carbocycles. The number of nitrogens with zero attached hydrogens (tertiary/aromatic N) is 4. The van der Waals surface area contributed by atoms with Crippen LogP contribution in [0.5, 0.6) is 0 Å². The summed E-state index contributed by atoms with van der Waals surface area (Å²) in [6.45, 7) is 1.90. The highest BCUT2D eigenvalue weighted by Crippen LogP contribution is 2.16. The highest BCUT2D eigenvalue weighted by atomic mass is 15.1. The molecule has 0 atom stereocenters. The lowest BCUT2D eigenvalue weighted by atomic mass is 10.2. The zero-order chi connectivity index (χ0) is 15.8. The summed E-state index contributed by atoms with van der Waals surface area (Å²) in [6, 6.07) is 11.2. The van der Waals surface area contributed by atoms with E-state index >= 15 is 0 Å². The molecule has 0 bridgehead atoms. The van der Waals surface area contributed by atoms with Crippen molar-refractivity contribution in [3.63, 3.8) is 0 Å². The van der Waals surface area contributed by atoms with Gasteiger partial charge in [0.15, 0.2) is 0 Å². The second kappa shape index (κ2) is 7.96. The number of benzene rings is 1. The van der Waals surface area contributed by atoms with E-state index in [1.807, 2.05) is 18.2 Å². The Morgan fingerprint density at radius 3 is 2.55 bits per heavy atom. The van der Waals surface area contributed by atoms with Gasteiger partial charge in [0, 0.05) is 18.3 Å². The molecule has 6 nitrogen and oxygen atoms in total. The third kappa shape index (κ3) is 5.04. The predicted octanol–water partition coefficient (Wildman–Crippen LogP) is 2.46. The van der Waals surface area contributed by atoms with Crippen LogP contribution in [0.4, 0.5) is 17.3 Å². The van der Waals surface area contributed by atoms with Crippen LogP contribution in [0.25, 0.3) is 0 Å². The molecule has 114 valence electrons. The van der Waals surface area contributed by atoms with E-state index in [-0.39, 0.29) is 0 Å². The van der Waals surface area contributed by atoms with Crippen molar-refractivity contribution in [2.45, 2.75) is 6.42 Å². The van der Waals surface area contributed by atoms with Crippen molar-refractivity contribution in [3.8, 4) is 6.07 Å². The maximum absolute atomic E-state index is 8.79. The van der Waals surface area contributed by atoms with Crippen LogP contribution in [0.2, 0.25) is 0 Å². The van der Waals surface area contributed by atoms with Crippen molar-refractivity contribution in [1.82, 2.24) is 14.9 Å². The van der Waals surface area contributed by atoms with Gasteiger partial charge in [-0.05, 0) is 51.3 Å². The van der Waals surface area contributed by atoms with Crippen LogP contribution < -0.4 is 10.6 Å². The Bertz CT molecular complexity index is 630. The summed E-state index contributed by atoms with van der Waals surface area (Å²) < 4.78 is 0. The first-order valence-electron chi connectivity index (χ1n) is 7.15. The van der Waals surface area contributed by atoms with Crippen LogP contribution in [0, 0.1) is 11.3 Å². The molecule has 0 aliphatic rings. The minimum atomic E-state index is 0.636. The molecule has 0 aliphatic heterocycles. The van der Waals surface area contributed by atoms with Gasteiger partial charge in [-0.2, -0.15) is 5.26 Å². The molecular formula is C16H20N6. The van der Waals surface area contributed by atoms with E-state index in [1.54, 1.807) is 12.1 Å². The monoisotopic (exact) mass is 296 g/mol. The fourth-order valence-corrected chi connectivity index (χ4v) is 1.91. The van der Waals surface area contributed by atoms with E-state index in [2.05, 4.69) is 45.7 Å². The lowest BCUT2D eigenvalue weighted by Gasteiger charge is -2.11. The maximum Gasteiger partial charge on any atom is 0.135 e. The van der Waals surface area contributed by atoms with Gasteiger partial charge in [0.25, 0.3) is 0 Å². The van der Waals surface area contributed by atoms with Crippen LogP contribution in [0.1, 0.15) is 12.0 Å². The molecular weight excluding hydrogens is 276 g/mol. The first-order chi connectivity index (χ1) is 10.7. The Morgan fingerprint density at radius 1 is 1.14 bits per heavy atom. The molecule has 1 aromatic heterocycles. The number of nitrogens with one attached hydrogen (secondary N) is 2. The van der Waals surface area contributed by atoms with Crippen molar-refractivity contribution in [2.75, 3.05) is 37.8 Å². The highest BCUT2D eigenvalue weighted by molar-refractivity contribution is 5.59. The first-order valence-corrected chi connectivity index (χ1v) is 7.15. The van der Waals surface area contributed by atoms with Gasteiger partial charge in [0.1, 0.15) is 18.0 Å². The zero-order valence-electron chi connectivity index (χ0n) is 12.9. The standard InChI is InChI=1S/C16H20N6/c1-22(2)9-3-8-18-15-10-16(20-12-19-15)21-14-6-4-13(11-17)5-7-14/h4-7,10,12H,3,8-9H2,1-2H3,(H2,18,19,20,21). The quantitative estimate of drug-likeness (QED) is 0.764. The van der Waals surface area contributed by atoms with Crippen LogP contribution in [-0.4, -0.2) is 42.1 Å². The van der Waals surface area contributed by atoms with E-state index in [0.717, 1.165) is 36.8 Å². The average Bonchev–Trinajstić information content (AvgIpc) is 2.52. The van der Waals surface area contributed by atoms with Crippen molar-refractivity contribution >= 4 is 17.3 Å². The normalized spacial score (nSPS) is 10.3. The number of hydrogen-bond donors (Lipinski definition) is 2. The average molecular weight is 296 g/mol. The first kappa shape index (κ1) is 15.7. The second-order valence-electron chi connectivity index (χ2n) is 5.19. The molecule has 0 fully saturated rings. The Kier molecular flexibility index (Phi) is 5.69. The summed E-state index contributed by atoms with van der Waals surface area (Å²) in [7, 11) is 4.12. The van der Waals surface area contributed by atoms with Gasteiger partial charge in [-0.25, -0.2) is 9.97 Å². The molecule has 1 heterocycles. The molecule has 0 unspecified atom stereocenters. The second-order valence-corrected chi connectivity index (χ2v) is 5.19. The van der Waals surface area contributed by atoms with Gasteiger partial charge in [0.05, 0.1) is 11.6 Å². The lowest BCUT2D eigenvalue weighted by molar-refractivity contribution is 0.405. The summed E-state index contributed by atoms with van der Waals surface area (Å²) >= 11 is 0. The highest BCUT2D eigenvalue weighted by Gasteiger charge is 2.00. The van der Waals surface area contributed by atoms with E-state index < -0.39 is 0 Å². The Balaban J connectivity index is 1.91. The van der Waals surface area contributed by atoms with Gasteiger partial charge in [-0.15, -0.1) is 0 Å². The number of nitriles is 1. The molecule has 22 heavy (non-hydrogen) atoms. The van der Waals surface area contributed by atoms with Gasteiger partial charge < -0.3 is 15.5 Å². The molecule has 0 radical (unpaired) electrons. The van der Waals surface area contributed by atoms with E-state index in [0.29, 0.717) is 5.56 Å². The Morgan fingerprint density at radius 2 is 1.86 bits per heavy atom. The van der Waals surface area contributed by atoms with Crippen LogP contribution in [0.3, 0.4) is 0 Å². The summed E-state index contributed by atoms with van der Waals surface area (Å²) in [5, 5.41) is 15.3. The maximum atomic E-state index is 8.79. The molecule has 0 aliphatic carbocycles. The number of aromatic nitrogens is 2. The molecule has 0 spiro atoms. The van der Waals surface area contributed by atoms with E-state index in [1.165, 1.54) is 6.33 Å². The van der Waals surface area contributed by atoms with Gasteiger partial charge >= 0.3 is 0 Å². The van der Waals surface area contributed by atoms with Crippen molar-refractivity contribution in [3.05, 3.63) is 42.2 Å². The fraction of sp³-hybridized carbons (Fsp3) is 0.312.